The van der Waals surface area contributed by atoms with Gasteiger partial charge in [0, 0.05) is 0 Å². The van der Waals surface area contributed by atoms with Gasteiger partial charge in [0.05, 0.1) is 6.10 Å². The average molecular weight is 242 g/mol. The first kappa shape index (κ1) is 14.5. The standard InChI is InChI=1S/C14H26O3/c1-5-10(3)11-7-8-12(14(11,4)6-2)17-9-13(15)16/h10-12H,5-9H2,1-4H3,(H,15,16). The maximum Gasteiger partial charge on any atom is 0.329 e. The van der Waals surface area contributed by atoms with Gasteiger partial charge in [0.25, 0.3) is 0 Å². The Kier molecular flexibility index (Phi) is 4.99. The second-order valence-electron chi connectivity index (χ2n) is 5.62. The van der Waals surface area contributed by atoms with Gasteiger partial charge < -0.3 is 9.84 Å². The molecule has 0 amide bonds. The lowest BCUT2D eigenvalue weighted by Crippen LogP contribution is -2.37. The molecule has 1 N–H and O–H groups in total. The van der Waals surface area contributed by atoms with Crippen LogP contribution in [0.4, 0.5) is 0 Å². The van der Waals surface area contributed by atoms with Gasteiger partial charge in [-0.05, 0) is 36.5 Å². The molecule has 1 aliphatic carbocycles. The van der Waals surface area contributed by atoms with E-state index in [0.717, 1.165) is 12.8 Å². The van der Waals surface area contributed by atoms with Crippen molar-refractivity contribution in [2.45, 2.75) is 59.5 Å². The number of aliphatic carboxylic acids is 1. The molecule has 4 unspecified atom stereocenters. The highest BCUT2D eigenvalue weighted by atomic mass is 16.5. The SMILES string of the molecule is CCC(C)C1CCC(OCC(=O)O)C1(C)CC. The largest absolute Gasteiger partial charge is 0.480 e. The van der Waals surface area contributed by atoms with Gasteiger partial charge in [-0.25, -0.2) is 4.79 Å². The zero-order valence-electron chi connectivity index (χ0n) is 11.5. The smallest absolute Gasteiger partial charge is 0.329 e. The molecule has 1 rings (SSSR count). The van der Waals surface area contributed by atoms with E-state index >= 15 is 0 Å². The molecule has 3 heteroatoms. The highest BCUT2D eigenvalue weighted by molar-refractivity contribution is 5.68. The van der Waals surface area contributed by atoms with E-state index in [-0.39, 0.29) is 18.1 Å². The number of carboxylic acid groups (broad SMARTS) is 1. The molecule has 0 aromatic heterocycles. The molecule has 0 radical (unpaired) electrons. The summed E-state index contributed by atoms with van der Waals surface area (Å²) in [4.78, 5) is 10.6. The topological polar surface area (TPSA) is 46.5 Å². The lowest BCUT2D eigenvalue weighted by Gasteiger charge is -2.38. The van der Waals surface area contributed by atoms with E-state index in [9.17, 15) is 4.79 Å². The summed E-state index contributed by atoms with van der Waals surface area (Å²) in [6, 6.07) is 0. The third-order valence-electron chi connectivity index (χ3n) is 4.82. The molecular weight excluding hydrogens is 216 g/mol. The van der Waals surface area contributed by atoms with Crippen LogP contribution >= 0.6 is 0 Å². The molecule has 0 bridgehead atoms. The predicted molar refractivity (Wildman–Crippen MR) is 68.0 cm³/mol. The Labute approximate surface area is 105 Å². The quantitative estimate of drug-likeness (QED) is 0.777. The molecule has 100 valence electrons. The molecule has 0 saturated heterocycles. The van der Waals surface area contributed by atoms with E-state index < -0.39 is 5.97 Å². The minimum Gasteiger partial charge on any atom is -0.480 e. The number of carboxylic acids is 1. The molecule has 0 aromatic rings. The van der Waals surface area contributed by atoms with Crippen LogP contribution in [-0.2, 0) is 9.53 Å². The van der Waals surface area contributed by atoms with Crippen molar-refractivity contribution < 1.29 is 14.6 Å². The van der Waals surface area contributed by atoms with Crippen molar-refractivity contribution in [3.05, 3.63) is 0 Å². The Bertz CT molecular complexity index is 264. The maximum absolute atomic E-state index is 10.6. The summed E-state index contributed by atoms with van der Waals surface area (Å²) in [7, 11) is 0. The van der Waals surface area contributed by atoms with Crippen LogP contribution in [0.3, 0.4) is 0 Å². The van der Waals surface area contributed by atoms with Gasteiger partial charge in [0.1, 0.15) is 6.61 Å². The van der Waals surface area contributed by atoms with Crippen molar-refractivity contribution in [2.24, 2.45) is 17.3 Å². The Morgan fingerprint density at radius 3 is 2.59 bits per heavy atom. The van der Waals surface area contributed by atoms with Gasteiger partial charge in [-0.15, -0.1) is 0 Å². The lowest BCUT2D eigenvalue weighted by molar-refractivity contribution is -0.147. The molecule has 1 aliphatic rings. The third-order valence-corrected chi connectivity index (χ3v) is 4.82. The summed E-state index contributed by atoms with van der Waals surface area (Å²) in [6.45, 7) is 8.83. The first-order valence-electron chi connectivity index (χ1n) is 6.79. The van der Waals surface area contributed by atoms with E-state index in [1.807, 2.05) is 0 Å². The van der Waals surface area contributed by atoms with Crippen molar-refractivity contribution >= 4 is 5.97 Å². The van der Waals surface area contributed by atoms with Crippen molar-refractivity contribution in [3.63, 3.8) is 0 Å². The predicted octanol–water partition coefficient (Wildman–Crippen LogP) is 3.33. The van der Waals surface area contributed by atoms with E-state index in [4.69, 9.17) is 9.84 Å². The molecule has 0 heterocycles. The number of carbonyl (C=O) groups is 1. The van der Waals surface area contributed by atoms with Crippen LogP contribution in [0.5, 0.6) is 0 Å². The fourth-order valence-corrected chi connectivity index (χ4v) is 3.38. The second-order valence-corrected chi connectivity index (χ2v) is 5.62. The summed E-state index contributed by atoms with van der Waals surface area (Å²) < 4.78 is 5.60. The molecule has 1 fully saturated rings. The van der Waals surface area contributed by atoms with Crippen molar-refractivity contribution in [1.29, 1.82) is 0 Å². The average Bonchev–Trinajstić information content (AvgIpc) is 2.63. The Morgan fingerprint density at radius 1 is 1.47 bits per heavy atom. The van der Waals surface area contributed by atoms with Gasteiger partial charge in [0.2, 0.25) is 0 Å². The van der Waals surface area contributed by atoms with Gasteiger partial charge in [-0.1, -0.05) is 34.1 Å². The minimum absolute atomic E-state index is 0.114. The Hall–Kier alpha value is -0.570. The van der Waals surface area contributed by atoms with Crippen LogP contribution in [-0.4, -0.2) is 23.8 Å². The minimum atomic E-state index is -0.865. The zero-order valence-corrected chi connectivity index (χ0v) is 11.5. The molecule has 17 heavy (non-hydrogen) atoms. The molecule has 1 saturated carbocycles. The van der Waals surface area contributed by atoms with Gasteiger partial charge in [0.15, 0.2) is 0 Å². The van der Waals surface area contributed by atoms with E-state index in [2.05, 4.69) is 27.7 Å². The van der Waals surface area contributed by atoms with E-state index in [1.165, 1.54) is 12.8 Å². The molecular formula is C14H26O3. The van der Waals surface area contributed by atoms with E-state index in [0.29, 0.717) is 11.8 Å². The summed E-state index contributed by atoms with van der Waals surface area (Å²) in [5.41, 5.74) is 0.144. The summed E-state index contributed by atoms with van der Waals surface area (Å²) in [5, 5.41) is 8.71. The number of hydrogen-bond donors (Lipinski definition) is 1. The van der Waals surface area contributed by atoms with Gasteiger partial charge in [-0.2, -0.15) is 0 Å². The van der Waals surface area contributed by atoms with Crippen LogP contribution in [0, 0.1) is 17.3 Å². The number of ether oxygens (including phenoxy) is 1. The first-order valence-corrected chi connectivity index (χ1v) is 6.79. The highest BCUT2D eigenvalue weighted by Gasteiger charge is 2.47. The van der Waals surface area contributed by atoms with Crippen LogP contribution in [0.15, 0.2) is 0 Å². The summed E-state index contributed by atoms with van der Waals surface area (Å²) >= 11 is 0. The van der Waals surface area contributed by atoms with Gasteiger partial charge >= 0.3 is 5.97 Å². The van der Waals surface area contributed by atoms with Crippen molar-refractivity contribution in [2.75, 3.05) is 6.61 Å². The molecule has 4 atom stereocenters. The highest BCUT2D eigenvalue weighted by Crippen LogP contribution is 2.51. The molecule has 0 spiro atoms. The summed E-state index contributed by atoms with van der Waals surface area (Å²) in [5.74, 6) is 0.491. The van der Waals surface area contributed by atoms with Crippen LogP contribution in [0.1, 0.15) is 53.4 Å². The first-order chi connectivity index (χ1) is 7.95. The van der Waals surface area contributed by atoms with E-state index in [1.54, 1.807) is 0 Å². The van der Waals surface area contributed by atoms with Crippen LogP contribution in [0.2, 0.25) is 0 Å². The normalized spacial score (nSPS) is 34.8. The Balaban J connectivity index is 2.71. The number of hydrogen-bond acceptors (Lipinski definition) is 2. The molecule has 3 nitrogen and oxygen atoms in total. The monoisotopic (exact) mass is 242 g/mol. The fourth-order valence-electron chi connectivity index (χ4n) is 3.38. The van der Waals surface area contributed by atoms with Crippen LogP contribution < -0.4 is 0 Å². The maximum atomic E-state index is 10.6. The fraction of sp³-hybridized carbons (Fsp3) is 0.929. The number of rotatable bonds is 6. The molecule has 0 aromatic carbocycles. The summed E-state index contributed by atoms with van der Waals surface area (Å²) in [6.07, 6.45) is 4.54. The van der Waals surface area contributed by atoms with Crippen molar-refractivity contribution in [3.8, 4) is 0 Å². The Morgan fingerprint density at radius 2 is 2.12 bits per heavy atom. The second kappa shape index (κ2) is 5.85. The third kappa shape index (κ3) is 3.01. The van der Waals surface area contributed by atoms with Gasteiger partial charge in [-0.3, -0.25) is 0 Å². The van der Waals surface area contributed by atoms with Crippen LogP contribution in [0.25, 0.3) is 0 Å². The zero-order chi connectivity index (χ0) is 13.1. The van der Waals surface area contributed by atoms with Crippen molar-refractivity contribution in [1.82, 2.24) is 0 Å². The lowest BCUT2D eigenvalue weighted by atomic mass is 9.70. The molecule has 0 aliphatic heterocycles.